The molecule has 3 rings (SSSR count). The standard InChI is InChI=1S/C21H22N2O3S/c1-15(17-12-11-16-7-4-5-8-18(16)13-17)22-21(24)19-9-6-10-20(14-19)27(25,26)23(2)3/h4-15H,1-3H3,(H,22,24)/t15-/m0/s1. The lowest BCUT2D eigenvalue weighted by molar-refractivity contribution is 0.0939. The number of benzene rings is 3. The van der Waals surface area contributed by atoms with E-state index < -0.39 is 10.0 Å². The fourth-order valence-corrected chi connectivity index (χ4v) is 3.80. The first kappa shape index (κ1) is 19.1. The molecule has 0 aliphatic heterocycles. The predicted molar refractivity (Wildman–Crippen MR) is 107 cm³/mol. The normalized spacial score (nSPS) is 12.9. The number of rotatable bonds is 5. The molecule has 0 saturated heterocycles. The maximum Gasteiger partial charge on any atom is 0.251 e. The lowest BCUT2D eigenvalue weighted by Gasteiger charge is -2.16. The molecule has 0 aliphatic rings. The van der Waals surface area contributed by atoms with Gasteiger partial charge in [0.05, 0.1) is 10.9 Å². The Hall–Kier alpha value is -2.70. The summed E-state index contributed by atoms with van der Waals surface area (Å²) < 4.78 is 25.7. The second kappa shape index (κ2) is 7.50. The molecule has 1 N–H and O–H groups in total. The minimum absolute atomic E-state index is 0.0958. The van der Waals surface area contributed by atoms with E-state index in [-0.39, 0.29) is 16.8 Å². The topological polar surface area (TPSA) is 66.5 Å². The molecule has 0 aliphatic carbocycles. The van der Waals surface area contributed by atoms with Crippen LogP contribution in [0.15, 0.2) is 71.6 Å². The third kappa shape index (κ3) is 4.02. The van der Waals surface area contributed by atoms with Crippen molar-refractivity contribution in [3.05, 3.63) is 77.9 Å². The Morgan fingerprint density at radius 3 is 2.33 bits per heavy atom. The molecule has 1 amide bonds. The van der Waals surface area contributed by atoms with Gasteiger partial charge in [-0.1, -0.05) is 42.5 Å². The first-order chi connectivity index (χ1) is 12.8. The first-order valence-corrected chi connectivity index (χ1v) is 10.1. The zero-order valence-corrected chi connectivity index (χ0v) is 16.3. The highest BCUT2D eigenvalue weighted by atomic mass is 32.2. The van der Waals surface area contributed by atoms with Gasteiger partial charge in [-0.15, -0.1) is 0 Å². The van der Waals surface area contributed by atoms with Gasteiger partial charge in [-0.05, 0) is 47.5 Å². The van der Waals surface area contributed by atoms with Crippen LogP contribution in [0.1, 0.15) is 28.9 Å². The van der Waals surface area contributed by atoms with Crippen LogP contribution < -0.4 is 5.32 Å². The highest BCUT2D eigenvalue weighted by Gasteiger charge is 2.19. The van der Waals surface area contributed by atoms with Crippen molar-refractivity contribution in [3.8, 4) is 0 Å². The summed E-state index contributed by atoms with van der Waals surface area (Å²) in [6, 6.07) is 20.0. The van der Waals surface area contributed by atoms with Gasteiger partial charge < -0.3 is 5.32 Å². The van der Waals surface area contributed by atoms with Crippen LogP contribution in [-0.4, -0.2) is 32.7 Å². The van der Waals surface area contributed by atoms with Crippen molar-refractivity contribution in [3.63, 3.8) is 0 Å². The van der Waals surface area contributed by atoms with Crippen molar-refractivity contribution >= 4 is 26.7 Å². The average molecular weight is 382 g/mol. The van der Waals surface area contributed by atoms with Gasteiger partial charge in [0.25, 0.3) is 5.91 Å². The van der Waals surface area contributed by atoms with Crippen LogP contribution >= 0.6 is 0 Å². The highest BCUT2D eigenvalue weighted by Crippen LogP contribution is 2.21. The smallest absolute Gasteiger partial charge is 0.251 e. The minimum Gasteiger partial charge on any atom is -0.346 e. The number of carbonyl (C=O) groups excluding carboxylic acids is 1. The van der Waals surface area contributed by atoms with Crippen LogP contribution in [0.25, 0.3) is 10.8 Å². The van der Waals surface area contributed by atoms with Crippen molar-refractivity contribution in [2.24, 2.45) is 0 Å². The molecule has 0 bridgehead atoms. The van der Waals surface area contributed by atoms with E-state index in [9.17, 15) is 13.2 Å². The number of sulfonamides is 1. The number of carbonyl (C=O) groups is 1. The van der Waals surface area contributed by atoms with E-state index in [0.717, 1.165) is 20.6 Å². The van der Waals surface area contributed by atoms with E-state index in [1.54, 1.807) is 12.1 Å². The van der Waals surface area contributed by atoms with Crippen LogP contribution in [0.2, 0.25) is 0 Å². The summed E-state index contributed by atoms with van der Waals surface area (Å²) in [6.07, 6.45) is 0. The van der Waals surface area contributed by atoms with Gasteiger partial charge in [0.1, 0.15) is 0 Å². The van der Waals surface area contributed by atoms with Gasteiger partial charge in [0.2, 0.25) is 10.0 Å². The van der Waals surface area contributed by atoms with Gasteiger partial charge in [0.15, 0.2) is 0 Å². The van der Waals surface area contributed by atoms with Crippen molar-refractivity contribution in [2.75, 3.05) is 14.1 Å². The summed E-state index contributed by atoms with van der Waals surface area (Å²) in [6.45, 7) is 1.91. The molecule has 0 saturated carbocycles. The van der Waals surface area contributed by atoms with E-state index in [1.807, 2.05) is 49.4 Å². The van der Waals surface area contributed by atoms with E-state index in [4.69, 9.17) is 0 Å². The quantitative estimate of drug-likeness (QED) is 0.733. The molecule has 5 nitrogen and oxygen atoms in total. The van der Waals surface area contributed by atoms with Gasteiger partial charge in [0, 0.05) is 19.7 Å². The predicted octanol–water partition coefficient (Wildman–Crippen LogP) is 3.58. The molecule has 0 unspecified atom stereocenters. The number of amides is 1. The molecule has 0 fully saturated rings. The number of nitrogens with zero attached hydrogens (tertiary/aromatic N) is 1. The molecular formula is C21H22N2O3S. The SMILES string of the molecule is C[C@H](NC(=O)c1cccc(S(=O)(=O)N(C)C)c1)c1ccc2ccccc2c1. The van der Waals surface area contributed by atoms with Gasteiger partial charge in [-0.3, -0.25) is 4.79 Å². The second-order valence-electron chi connectivity index (χ2n) is 6.62. The van der Waals surface area contributed by atoms with Crippen molar-refractivity contribution in [1.29, 1.82) is 0 Å². The summed E-state index contributed by atoms with van der Waals surface area (Å²) in [4.78, 5) is 12.7. The summed E-state index contributed by atoms with van der Waals surface area (Å²) >= 11 is 0. The molecule has 3 aromatic carbocycles. The minimum atomic E-state index is -3.58. The van der Waals surface area contributed by atoms with Gasteiger partial charge in [-0.25, -0.2) is 12.7 Å². The monoisotopic (exact) mass is 382 g/mol. The van der Waals surface area contributed by atoms with E-state index >= 15 is 0 Å². The summed E-state index contributed by atoms with van der Waals surface area (Å²) in [5.74, 6) is -0.313. The third-order valence-electron chi connectivity index (χ3n) is 4.50. The fourth-order valence-electron chi connectivity index (χ4n) is 2.85. The molecule has 0 heterocycles. The molecular weight excluding hydrogens is 360 g/mol. The van der Waals surface area contributed by atoms with Crippen LogP contribution in [0, 0.1) is 0 Å². The van der Waals surface area contributed by atoms with Crippen molar-refractivity contribution in [1.82, 2.24) is 9.62 Å². The molecule has 0 aromatic heterocycles. The summed E-state index contributed by atoms with van der Waals surface area (Å²) in [5, 5.41) is 5.18. The molecule has 3 aromatic rings. The van der Waals surface area contributed by atoms with Gasteiger partial charge >= 0.3 is 0 Å². The van der Waals surface area contributed by atoms with Crippen molar-refractivity contribution in [2.45, 2.75) is 17.9 Å². The molecule has 140 valence electrons. The fraction of sp³-hybridized carbons (Fsp3) is 0.190. The summed E-state index contributed by atoms with van der Waals surface area (Å²) in [7, 11) is -0.660. The van der Waals surface area contributed by atoms with Crippen LogP contribution in [0.5, 0.6) is 0 Å². The lowest BCUT2D eigenvalue weighted by atomic mass is 10.0. The highest BCUT2D eigenvalue weighted by molar-refractivity contribution is 7.89. The maximum absolute atomic E-state index is 12.6. The van der Waals surface area contributed by atoms with Gasteiger partial charge in [-0.2, -0.15) is 0 Å². The number of fused-ring (bicyclic) bond motifs is 1. The zero-order chi connectivity index (χ0) is 19.6. The molecule has 27 heavy (non-hydrogen) atoms. The Bertz CT molecular complexity index is 1090. The molecule has 6 heteroatoms. The average Bonchev–Trinajstić information content (AvgIpc) is 2.67. The Morgan fingerprint density at radius 2 is 1.63 bits per heavy atom. The molecule has 0 spiro atoms. The number of hydrogen-bond acceptors (Lipinski definition) is 3. The largest absolute Gasteiger partial charge is 0.346 e. The maximum atomic E-state index is 12.6. The Morgan fingerprint density at radius 1 is 0.926 bits per heavy atom. The van der Waals surface area contributed by atoms with Crippen molar-refractivity contribution < 1.29 is 13.2 Å². The van der Waals surface area contributed by atoms with E-state index in [2.05, 4.69) is 5.32 Å². The second-order valence-corrected chi connectivity index (χ2v) is 8.77. The number of hydrogen-bond donors (Lipinski definition) is 1. The van der Waals surface area contributed by atoms with Crippen LogP contribution in [0.3, 0.4) is 0 Å². The lowest BCUT2D eigenvalue weighted by Crippen LogP contribution is -2.27. The molecule has 1 atom stereocenters. The van der Waals surface area contributed by atoms with Crippen LogP contribution in [0.4, 0.5) is 0 Å². The van der Waals surface area contributed by atoms with Crippen LogP contribution in [-0.2, 0) is 10.0 Å². The zero-order valence-electron chi connectivity index (χ0n) is 15.5. The van der Waals surface area contributed by atoms with E-state index in [0.29, 0.717) is 5.56 Å². The Kier molecular flexibility index (Phi) is 5.30. The van der Waals surface area contributed by atoms with E-state index in [1.165, 1.54) is 26.2 Å². The number of nitrogens with one attached hydrogen (secondary N) is 1. The Labute approximate surface area is 159 Å². The summed E-state index contributed by atoms with van der Waals surface area (Å²) in [5.41, 5.74) is 1.30. The first-order valence-electron chi connectivity index (χ1n) is 8.61. The molecule has 0 radical (unpaired) electrons. The Balaban J connectivity index is 1.82. The third-order valence-corrected chi connectivity index (χ3v) is 6.31.